The predicted octanol–water partition coefficient (Wildman–Crippen LogP) is 3.03. The van der Waals surface area contributed by atoms with Crippen LogP contribution >= 0.6 is 0 Å². The fourth-order valence-corrected chi connectivity index (χ4v) is 2.61. The Bertz CT molecular complexity index is 365. The third-order valence-corrected chi connectivity index (χ3v) is 3.67. The van der Waals surface area contributed by atoms with E-state index in [0.29, 0.717) is 23.9 Å². The van der Waals surface area contributed by atoms with Gasteiger partial charge in [0, 0.05) is 31.2 Å². The van der Waals surface area contributed by atoms with Crippen LogP contribution in [0.1, 0.15) is 40.2 Å². The van der Waals surface area contributed by atoms with Crippen LogP contribution in [-0.4, -0.2) is 41.2 Å². The van der Waals surface area contributed by atoms with Gasteiger partial charge in [-0.2, -0.15) is 0 Å². The minimum absolute atomic E-state index is 0.332. The van der Waals surface area contributed by atoms with Crippen LogP contribution in [0.15, 0.2) is 24.3 Å². The van der Waals surface area contributed by atoms with Crippen LogP contribution in [0.3, 0.4) is 0 Å². The van der Waals surface area contributed by atoms with E-state index in [2.05, 4.69) is 44.8 Å². The second-order valence-electron chi connectivity index (χ2n) is 6.15. The maximum absolute atomic E-state index is 9.28. The Hall–Kier alpha value is -1.06. The van der Waals surface area contributed by atoms with Gasteiger partial charge in [-0.3, -0.25) is 4.90 Å². The molecule has 0 aliphatic heterocycles. The number of aromatic hydroxyl groups is 1. The van der Waals surface area contributed by atoms with Gasteiger partial charge in [0.25, 0.3) is 0 Å². The van der Waals surface area contributed by atoms with Crippen molar-refractivity contribution in [2.75, 3.05) is 13.1 Å². The summed E-state index contributed by atoms with van der Waals surface area (Å²) in [4.78, 5) is 2.50. The molecule has 0 fully saturated rings. The fraction of sp³-hybridized carbons (Fsp3) is 0.647. The third-order valence-electron chi connectivity index (χ3n) is 3.67. The molecule has 0 amide bonds. The first-order valence-corrected chi connectivity index (χ1v) is 7.67. The van der Waals surface area contributed by atoms with Gasteiger partial charge in [-0.1, -0.05) is 12.1 Å². The largest absolute Gasteiger partial charge is 0.508 e. The molecule has 3 nitrogen and oxygen atoms in total. The van der Waals surface area contributed by atoms with E-state index < -0.39 is 0 Å². The van der Waals surface area contributed by atoms with Crippen molar-refractivity contribution in [1.29, 1.82) is 0 Å². The average molecular weight is 278 g/mol. The Balaban J connectivity index is 2.32. The quantitative estimate of drug-likeness (QED) is 0.767. The van der Waals surface area contributed by atoms with Crippen molar-refractivity contribution >= 4 is 0 Å². The lowest BCUT2D eigenvalue weighted by Gasteiger charge is -2.31. The topological polar surface area (TPSA) is 35.5 Å². The van der Waals surface area contributed by atoms with Crippen molar-refractivity contribution in [3.05, 3.63) is 29.8 Å². The molecule has 1 aromatic carbocycles. The van der Waals surface area contributed by atoms with Crippen molar-refractivity contribution in [1.82, 2.24) is 10.2 Å². The Morgan fingerprint density at radius 3 is 2.05 bits per heavy atom. The fourth-order valence-electron chi connectivity index (χ4n) is 2.61. The first-order chi connectivity index (χ1) is 9.40. The summed E-state index contributed by atoms with van der Waals surface area (Å²) in [6.07, 6.45) is 0.990. The van der Waals surface area contributed by atoms with Gasteiger partial charge in [-0.15, -0.1) is 0 Å². The molecule has 0 bridgehead atoms. The van der Waals surface area contributed by atoms with E-state index in [-0.39, 0.29) is 0 Å². The van der Waals surface area contributed by atoms with Crippen LogP contribution in [0.5, 0.6) is 5.75 Å². The van der Waals surface area contributed by atoms with Crippen molar-refractivity contribution in [2.45, 2.75) is 59.2 Å². The molecule has 0 radical (unpaired) electrons. The molecule has 2 N–H and O–H groups in total. The van der Waals surface area contributed by atoms with Crippen molar-refractivity contribution in [3.8, 4) is 5.75 Å². The Labute approximate surface area is 124 Å². The molecule has 0 aromatic heterocycles. The van der Waals surface area contributed by atoms with Gasteiger partial charge in [0.2, 0.25) is 0 Å². The van der Waals surface area contributed by atoms with Crippen molar-refractivity contribution < 1.29 is 5.11 Å². The monoisotopic (exact) mass is 278 g/mol. The second-order valence-corrected chi connectivity index (χ2v) is 6.15. The van der Waals surface area contributed by atoms with Gasteiger partial charge >= 0.3 is 0 Å². The summed E-state index contributed by atoms with van der Waals surface area (Å²) in [5.74, 6) is 0.332. The van der Waals surface area contributed by atoms with Crippen LogP contribution in [-0.2, 0) is 6.42 Å². The van der Waals surface area contributed by atoms with Crippen LogP contribution in [0.25, 0.3) is 0 Å². The summed E-state index contributed by atoms with van der Waals surface area (Å²) in [6.45, 7) is 13.3. The first-order valence-electron chi connectivity index (χ1n) is 7.67. The molecule has 0 saturated carbocycles. The van der Waals surface area contributed by atoms with Gasteiger partial charge in [0.1, 0.15) is 5.75 Å². The van der Waals surface area contributed by atoms with E-state index in [1.54, 1.807) is 12.1 Å². The number of nitrogens with zero attached hydrogens (tertiary/aromatic N) is 1. The molecular weight excluding hydrogens is 248 g/mol. The molecule has 0 heterocycles. The summed E-state index contributed by atoms with van der Waals surface area (Å²) in [7, 11) is 0. The first kappa shape index (κ1) is 17.0. The zero-order valence-corrected chi connectivity index (χ0v) is 13.6. The molecule has 0 aliphatic rings. The normalized spacial score (nSPS) is 13.4. The molecular formula is C17H30N2O. The van der Waals surface area contributed by atoms with E-state index in [1.165, 1.54) is 5.56 Å². The Morgan fingerprint density at radius 1 is 1.00 bits per heavy atom. The minimum Gasteiger partial charge on any atom is -0.508 e. The lowest BCUT2D eigenvalue weighted by Crippen LogP contribution is -2.43. The number of hydrogen-bond acceptors (Lipinski definition) is 3. The average Bonchev–Trinajstić information content (AvgIpc) is 2.36. The summed E-state index contributed by atoms with van der Waals surface area (Å²) >= 11 is 0. The van der Waals surface area contributed by atoms with Crippen LogP contribution in [0.2, 0.25) is 0 Å². The third kappa shape index (κ3) is 5.93. The number of phenolic OH excluding ortho intramolecular Hbond substituents is 1. The number of rotatable bonds is 8. The highest BCUT2D eigenvalue weighted by Gasteiger charge is 2.13. The van der Waals surface area contributed by atoms with Crippen LogP contribution < -0.4 is 5.32 Å². The SMILES string of the molecule is CC(Cc1ccc(O)cc1)NCCN(C(C)C)C(C)C. The lowest BCUT2D eigenvalue weighted by atomic mass is 10.1. The molecule has 20 heavy (non-hydrogen) atoms. The second kappa shape index (κ2) is 8.28. The van der Waals surface area contributed by atoms with Crippen LogP contribution in [0, 0.1) is 0 Å². The molecule has 0 saturated heterocycles. The summed E-state index contributed by atoms with van der Waals surface area (Å²) in [5, 5.41) is 12.9. The number of nitrogens with one attached hydrogen (secondary N) is 1. The van der Waals surface area contributed by atoms with Crippen molar-refractivity contribution in [3.63, 3.8) is 0 Å². The molecule has 3 heteroatoms. The smallest absolute Gasteiger partial charge is 0.115 e. The summed E-state index contributed by atoms with van der Waals surface area (Å²) < 4.78 is 0. The van der Waals surface area contributed by atoms with E-state index in [0.717, 1.165) is 19.5 Å². The summed E-state index contributed by atoms with van der Waals surface area (Å²) in [5.41, 5.74) is 1.26. The molecule has 1 atom stereocenters. The standard InChI is InChI=1S/C17H30N2O/c1-13(2)19(14(3)4)11-10-18-15(5)12-16-6-8-17(20)9-7-16/h6-9,13-15,18,20H,10-12H2,1-5H3. The van der Waals surface area contributed by atoms with Gasteiger partial charge in [-0.25, -0.2) is 0 Å². The van der Waals surface area contributed by atoms with Gasteiger partial charge < -0.3 is 10.4 Å². The van der Waals surface area contributed by atoms with Crippen LogP contribution in [0.4, 0.5) is 0 Å². The highest BCUT2D eigenvalue weighted by molar-refractivity contribution is 5.26. The van der Waals surface area contributed by atoms with Crippen molar-refractivity contribution in [2.24, 2.45) is 0 Å². The zero-order chi connectivity index (χ0) is 15.1. The maximum atomic E-state index is 9.28. The highest BCUT2D eigenvalue weighted by atomic mass is 16.3. The Kier molecular flexibility index (Phi) is 7.03. The number of phenols is 1. The highest BCUT2D eigenvalue weighted by Crippen LogP contribution is 2.11. The van der Waals surface area contributed by atoms with E-state index in [1.807, 2.05) is 12.1 Å². The zero-order valence-electron chi connectivity index (χ0n) is 13.6. The van der Waals surface area contributed by atoms with Gasteiger partial charge in [0.15, 0.2) is 0 Å². The molecule has 1 unspecified atom stereocenters. The molecule has 1 rings (SSSR count). The van der Waals surface area contributed by atoms with E-state index in [4.69, 9.17) is 0 Å². The number of hydrogen-bond donors (Lipinski definition) is 2. The van der Waals surface area contributed by atoms with E-state index in [9.17, 15) is 5.11 Å². The maximum Gasteiger partial charge on any atom is 0.115 e. The number of benzene rings is 1. The Morgan fingerprint density at radius 2 is 1.55 bits per heavy atom. The van der Waals surface area contributed by atoms with Gasteiger partial charge in [0.05, 0.1) is 0 Å². The molecule has 1 aromatic rings. The predicted molar refractivity (Wildman–Crippen MR) is 86.3 cm³/mol. The lowest BCUT2D eigenvalue weighted by molar-refractivity contribution is 0.174. The van der Waals surface area contributed by atoms with Gasteiger partial charge in [-0.05, 0) is 58.7 Å². The minimum atomic E-state index is 0.332. The van der Waals surface area contributed by atoms with E-state index >= 15 is 0 Å². The molecule has 0 spiro atoms. The molecule has 114 valence electrons. The summed E-state index contributed by atoms with van der Waals surface area (Å²) in [6, 6.07) is 9.10. The molecule has 0 aliphatic carbocycles.